The summed E-state index contributed by atoms with van der Waals surface area (Å²) in [5.74, 6) is 0.872. The van der Waals surface area contributed by atoms with E-state index in [9.17, 15) is 13.2 Å². The normalized spacial score (nSPS) is 15.8. The van der Waals surface area contributed by atoms with Crippen LogP contribution in [0.4, 0.5) is 13.2 Å². The number of alkyl halides is 3. The van der Waals surface area contributed by atoms with Gasteiger partial charge in [-0.25, -0.2) is 4.68 Å². The van der Waals surface area contributed by atoms with Crippen molar-refractivity contribution < 1.29 is 13.2 Å². The second-order valence-electron chi connectivity index (χ2n) is 5.17. The van der Waals surface area contributed by atoms with Gasteiger partial charge in [0.1, 0.15) is 0 Å². The molecule has 0 amide bonds. The summed E-state index contributed by atoms with van der Waals surface area (Å²) in [6.45, 7) is 8.15. The molecule has 8 heteroatoms. The van der Waals surface area contributed by atoms with Gasteiger partial charge < -0.3 is 5.32 Å². The van der Waals surface area contributed by atoms with E-state index in [4.69, 9.17) is 0 Å². The molecule has 1 heterocycles. The molecule has 1 aromatic heterocycles. The molecule has 0 bridgehead atoms. The van der Waals surface area contributed by atoms with Crippen molar-refractivity contribution in [3.05, 3.63) is 5.82 Å². The van der Waals surface area contributed by atoms with Crippen LogP contribution in [0.3, 0.4) is 0 Å². The lowest BCUT2D eigenvalue weighted by molar-refractivity contribution is -0.142. The second kappa shape index (κ2) is 6.31. The van der Waals surface area contributed by atoms with Crippen molar-refractivity contribution in [2.24, 2.45) is 5.92 Å². The van der Waals surface area contributed by atoms with Gasteiger partial charge in [-0.15, -0.1) is 5.10 Å². The second-order valence-corrected chi connectivity index (χ2v) is 5.17. The maximum absolute atomic E-state index is 12.4. The van der Waals surface area contributed by atoms with E-state index in [1.165, 1.54) is 11.6 Å². The number of rotatable bonds is 6. The zero-order valence-electron chi connectivity index (χ0n) is 11.6. The lowest BCUT2D eigenvalue weighted by atomic mass is 10.2. The third-order valence-corrected chi connectivity index (χ3v) is 2.68. The summed E-state index contributed by atoms with van der Waals surface area (Å²) in [4.78, 5) is 0. The van der Waals surface area contributed by atoms with Crippen LogP contribution < -0.4 is 5.32 Å². The van der Waals surface area contributed by atoms with Gasteiger partial charge in [-0.1, -0.05) is 13.8 Å². The van der Waals surface area contributed by atoms with Crippen LogP contribution in [0.25, 0.3) is 0 Å². The fraction of sp³-hybridized carbons (Fsp3) is 0.909. The molecule has 110 valence electrons. The quantitative estimate of drug-likeness (QED) is 0.869. The van der Waals surface area contributed by atoms with Crippen LogP contribution in [0.1, 0.15) is 52.0 Å². The summed E-state index contributed by atoms with van der Waals surface area (Å²) in [6.07, 6.45) is -5.17. The summed E-state index contributed by atoms with van der Waals surface area (Å²) >= 11 is 0. The van der Waals surface area contributed by atoms with Crippen molar-refractivity contribution in [3.63, 3.8) is 0 Å². The van der Waals surface area contributed by atoms with Gasteiger partial charge in [0, 0.05) is 0 Å². The molecule has 0 fully saturated rings. The van der Waals surface area contributed by atoms with Crippen LogP contribution >= 0.6 is 0 Å². The first-order valence-corrected chi connectivity index (χ1v) is 6.28. The number of nitrogens with one attached hydrogen (secondary N) is 1. The Balaban J connectivity index is 2.73. The first-order chi connectivity index (χ1) is 8.70. The lowest BCUT2D eigenvalue weighted by Gasteiger charge is -2.19. The molecule has 19 heavy (non-hydrogen) atoms. The van der Waals surface area contributed by atoms with Crippen LogP contribution in [-0.2, 0) is 0 Å². The van der Waals surface area contributed by atoms with E-state index in [0.29, 0.717) is 11.7 Å². The minimum absolute atomic E-state index is 0.187. The minimum atomic E-state index is -4.22. The number of aromatic nitrogens is 4. The molecule has 0 saturated carbocycles. The first-order valence-electron chi connectivity index (χ1n) is 6.28. The van der Waals surface area contributed by atoms with Gasteiger partial charge in [-0.3, -0.25) is 0 Å². The average molecular weight is 279 g/mol. The van der Waals surface area contributed by atoms with Gasteiger partial charge in [-0.2, -0.15) is 13.2 Å². The molecule has 1 aromatic rings. The highest BCUT2D eigenvalue weighted by atomic mass is 19.4. The monoisotopic (exact) mass is 279 g/mol. The standard InChI is InChI=1S/C11H20F3N5/c1-7(2)6-15-9(4)10-16-17-18-19(10)8(3)5-11(12,13)14/h7-9,15H,5-6H2,1-4H3. The van der Waals surface area contributed by atoms with E-state index in [0.717, 1.165) is 6.54 Å². The van der Waals surface area contributed by atoms with Gasteiger partial charge >= 0.3 is 6.18 Å². The van der Waals surface area contributed by atoms with Gasteiger partial charge in [0.2, 0.25) is 0 Å². The van der Waals surface area contributed by atoms with Crippen molar-refractivity contribution in [2.75, 3.05) is 6.54 Å². The fourth-order valence-corrected chi connectivity index (χ4v) is 1.72. The number of halogens is 3. The first kappa shape index (κ1) is 15.9. The topological polar surface area (TPSA) is 55.6 Å². The van der Waals surface area contributed by atoms with Crippen molar-refractivity contribution in [1.82, 2.24) is 25.5 Å². The molecule has 0 aliphatic heterocycles. The summed E-state index contributed by atoms with van der Waals surface area (Å²) in [6, 6.07) is -0.999. The van der Waals surface area contributed by atoms with Gasteiger partial charge in [0.05, 0.1) is 18.5 Å². The van der Waals surface area contributed by atoms with Gasteiger partial charge in [0.15, 0.2) is 5.82 Å². The summed E-state index contributed by atoms with van der Waals surface area (Å²) in [5, 5.41) is 14.2. The number of hydrogen-bond donors (Lipinski definition) is 1. The van der Waals surface area contributed by atoms with E-state index < -0.39 is 18.6 Å². The molecule has 2 atom stereocenters. The Labute approximate surface area is 110 Å². The molecule has 0 radical (unpaired) electrons. The van der Waals surface area contributed by atoms with Crippen LogP contribution in [0, 0.1) is 5.92 Å². The maximum Gasteiger partial charge on any atom is 0.391 e. The highest BCUT2D eigenvalue weighted by Gasteiger charge is 2.32. The molecule has 0 spiro atoms. The minimum Gasteiger partial charge on any atom is -0.307 e. The van der Waals surface area contributed by atoms with E-state index in [2.05, 4.69) is 34.7 Å². The van der Waals surface area contributed by atoms with Gasteiger partial charge in [0.25, 0.3) is 0 Å². The molecular weight excluding hydrogens is 259 g/mol. The van der Waals surface area contributed by atoms with Crippen LogP contribution in [0.2, 0.25) is 0 Å². The van der Waals surface area contributed by atoms with Crippen LogP contribution in [-0.4, -0.2) is 32.9 Å². The fourth-order valence-electron chi connectivity index (χ4n) is 1.72. The van der Waals surface area contributed by atoms with Crippen molar-refractivity contribution in [2.45, 2.75) is 52.4 Å². The van der Waals surface area contributed by atoms with E-state index in [1.807, 2.05) is 6.92 Å². The molecule has 0 aliphatic carbocycles. The Morgan fingerprint density at radius 1 is 1.21 bits per heavy atom. The SMILES string of the molecule is CC(C)CNC(C)c1nnnn1C(C)CC(F)(F)F. The maximum atomic E-state index is 12.4. The molecular formula is C11H20F3N5. The Kier molecular flexibility index (Phi) is 5.28. The summed E-state index contributed by atoms with van der Waals surface area (Å²) in [5.41, 5.74) is 0. The zero-order chi connectivity index (χ0) is 14.6. The Bertz CT molecular complexity index is 388. The Morgan fingerprint density at radius 2 is 1.84 bits per heavy atom. The zero-order valence-corrected chi connectivity index (χ0v) is 11.6. The molecule has 0 aromatic carbocycles. The number of nitrogens with zero attached hydrogens (tertiary/aromatic N) is 4. The van der Waals surface area contributed by atoms with Crippen molar-refractivity contribution in [1.29, 1.82) is 0 Å². The highest BCUT2D eigenvalue weighted by molar-refractivity contribution is 4.92. The third kappa shape index (κ3) is 5.14. The van der Waals surface area contributed by atoms with E-state index >= 15 is 0 Å². The van der Waals surface area contributed by atoms with Crippen molar-refractivity contribution in [3.8, 4) is 0 Å². The lowest BCUT2D eigenvalue weighted by Crippen LogP contribution is -2.28. The van der Waals surface area contributed by atoms with Crippen LogP contribution in [0.5, 0.6) is 0 Å². The average Bonchev–Trinajstić information content (AvgIpc) is 2.72. The van der Waals surface area contributed by atoms with Crippen molar-refractivity contribution >= 4 is 0 Å². The number of hydrogen-bond acceptors (Lipinski definition) is 4. The smallest absolute Gasteiger partial charge is 0.307 e. The largest absolute Gasteiger partial charge is 0.391 e. The molecule has 2 unspecified atom stereocenters. The Morgan fingerprint density at radius 3 is 2.37 bits per heavy atom. The molecule has 1 N–H and O–H groups in total. The summed E-state index contributed by atoms with van der Waals surface area (Å²) < 4.78 is 38.4. The molecule has 5 nitrogen and oxygen atoms in total. The Hall–Kier alpha value is -1.18. The third-order valence-electron chi connectivity index (χ3n) is 2.68. The van der Waals surface area contributed by atoms with Gasteiger partial charge in [-0.05, 0) is 36.7 Å². The van der Waals surface area contributed by atoms with E-state index in [1.54, 1.807) is 0 Å². The molecule has 0 saturated heterocycles. The molecule has 1 rings (SSSR count). The highest BCUT2D eigenvalue weighted by Crippen LogP contribution is 2.28. The van der Waals surface area contributed by atoms with E-state index in [-0.39, 0.29) is 6.04 Å². The summed E-state index contributed by atoms with van der Waals surface area (Å²) in [7, 11) is 0. The van der Waals surface area contributed by atoms with Crippen LogP contribution in [0.15, 0.2) is 0 Å². The predicted octanol–water partition coefficient (Wildman–Crippen LogP) is 2.49. The number of tetrazole rings is 1. The molecule has 0 aliphatic rings. The predicted molar refractivity (Wildman–Crippen MR) is 64.5 cm³/mol.